The lowest BCUT2D eigenvalue weighted by Crippen LogP contribution is -2.34. The van der Waals surface area contributed by atoms with Crippen LogP contribution < -0.4 is 9.62 Å². The topological polar surface area (TPSA) is 69.7 Å². The zero-order valence-electron chi connectivity index (χ0n) is 13.1. The Kier molecular flexibility index (Phi) is 5.54. The molecule has 0 spiro atoms. The fourth-order valence-electron chi connectivity index (χ4n) is 3.08. The van der Waals surface area contributed by atoms with Gasteiger partial charge in [0.25, 0.3) is 5.91 Å². The van der Waals surface area contributed by atoms with Crippen molar-refractivity contribution in [2.45, 2.75) is 12.8 Å². The van der Waals surface area contributed by atoms with Crippen molar-refractivity contribution in [3.05, 3.63) is 29.3 Å². The molecule has 0 radical (unpaired) electrons. The van der Waals surface area contributed by atoms with Gasteiger partial charge in [0, 0.05) is 31.7 Å². The molecule has 1 aromatic carbocycles. The molecular formula is C15H22ClN3O3S. The summed E-state index contributed by atoms with van der Waals surface area (Å²) in [5, 5.41) is 3.28. The molecule has 3 rings (SSSR count). The first-order chi connectivity index (χ1) is 10.5. The Hall–Kier alpha value is -1.31. The molecule has 0 aromatic heterocycles. The minimum atomic E-state index is -3.24. The highest BCUT2D eigenvalue weighted by Crippen LogP contribution is 2.31. The Labute approximate surface area is 143 Å². The largest absolute Gasteiger partial charge is 0.337 e. The molecule has 0 atom stereocenters. The maximum Gasteiger partial charge on any atom is 0.253 e. The lowest BCUT2D eigenvalue weighted by molar-refractivity contribution is 0.0766. The van der Waals surface area contributed by atoms with Gasteiger partial charge >= 0.3 is 0 Å². The number of hydrogen-bond acceptors (Lipinski definition) is 4. The second kappa shape index (κ2) is 7.07. The van der Waals surface area contributed by atoms with Gasteiger partial charge in [0.05, 0.1) is 11.9 Å². The number of amides is 1. The van der Waals surface area contributed by atoms with E-state index in [0.717, 1.165) is 31.6 Å². The highest BCUT2D eigenvalue weighted by atomic mass is 35.5. The van der Waals surface area contributed by atoms with Gasteiger partial charge in [-0.1, -0.05) is 0 Å². The number of benzene rings is 1. The molecule has 2 aliphatic rings. The number of nitrogens with one attached hydrogen (secondary N) is 1. The summed E-state index contributed by atoms with van der Waals surface area (Å²) in [6.07, 6.45) is 2.83. The normalized spacial score (nSPS) is 18.1. The molecule has 0 saturated carbocycles. The Bertz CT molecular complexity index is 685. The number of fused-ring (bicyclic) bond motifs is 1. The van der Waals surface area contributed by atoms with Crippen LogP contribution in [-0.4, -0.2) is 58.2 Å². The predicted octanol–water partition coefficient (Wildman–Crippen LogP) is 0.866. The van der Waals surface area contributed by atoms with Crippen LogP contribution >= 0.6 is 12.4 Å². The molecule has 6 nitrogen and oxygen atoms in total. The quantitative estimate of drug-likeness (QED) is 0.850. The highest BCUT2D eigenvalue weighted by Gasteiger charge is 2.27. The van der Waals surface area contributed by atoms with Gasteiger partial charge < -0.3 is 10.2 Å². The summed E-state index contributed by atoms with van der Waals surface area (Å²) < 4.78 is 24.9. The molecule has 0 bridgehead atoms. The zero-order valence-corrected chi connectivity index (χ0v) is 14.8. The van der Waals surface area contributed by atoms with Crippen molar-refractivity contribution in [3.63, 3.8) is 0 Å². The van der Waals surface area contributed by atoms with E-state index in [1.165, 1.54) is 10.6 Å². The van der Waals surface area contributed by atoms with E-state index in [1.54, 1.807) is 12.1 Å². The molecule has 1 N–H and O–H groups in total. The van der Waals surface area contributed by atoms with E-state index in [-0.39, 0.29) is 18.3 Å². The lowest BCUT2D eigenvalue weighted by atomic mass is 10.1. The smallest absolute Gasteiger partial charge is 0.253 e. The second-order valence-electron chi connectivity index (χ2n) is 5.82. The molecule has 2 aliphatic heterocycles. The van der Waals surface area contributed by atoms with Gasteiger partial charge in [-0.3, -0.25) is 9.10 Å². The van der Waals surface area contributed by atoms with Crippen LogP contribution in [-0.2, 0) is 16.4 Å². The van der Waals surface area contributed by atoms with E-state index < -0.39 is 10.0 Å². The van der Waals surface area contributed by atoms with Crippen LogP contribution in [0.2, 0.25) is 0 Å². The summed E-state index contributed by atoms with van der Waals surface area (Å²) in [7, 11) is -3.24. The Morgan fingerprint density at radius 1 is 1.17 bits per heavy atom. The predicted molar refractivity (Wildman–Crippen MR) is 93.0 cm³/mol. The second-order valence-corrected chi connectivity index (χ2v) is 7.73. The van der Waals surface area contributed by atoms with Crippen LogP contribution in [0.3, 0.4) is 0 Å². The van der Waals surface area contributed by atoms with E-state index in [4.69, 9.17) is 0 Å². The van der Waals surface area contributed by atoms with Crippen molar-refractivity contribution < 1.29 is 13.2 Å². The number of hydrogen-bond donors (Lipinski definition) is 1. The summed E-state index contributed by atoms with van der Waals surface area (Å²) in [5.41, 5.74) is 2.29. The summed E-state index contributed by atoms with van der Waals surface area (Å²) in [6.45, 7) is 3.69. The van der Waals surface area contributed by atoms with Crippen LogP contribution in [0.25, 0.3) is 0 Å². The number of carbonyl (C=O) groups excluding carboxylic acids is 1. The van der Waals surface area contributed by atoms with E-state index in [9.17, 15) is 13.2 Å². The van der Waals surface area contributed by atoms with E-state index in [2.05, 4.69) is 5.32 Å². The van der Waals surface area contributed by atoms with E-state index in [1.807, 2.05) is 11.0 Å². The summed E-state index contributed by atoms with van der Waals surface area (Å²) in [4.78, 5) is 14.5. The molecule has 1 amide bonds. The highest BCUT2D eigenvalue weighted by molar-refractivity contribution is 7.92. The molecule has 1 saturated heterocycles. The average Bonchev–Trinajstić information content (AvgIpc) is 2.72. The SMILES string of the molecule is CS(=O)(=O)N1CCc2cc(C(=O)N3CCCNCC3)ccc21.Cl. The van der Waals surface area contributed by atoms with Gasteiger partial charge in [-0.05, 0) is 43.1 Å². The number of carbonyl (C=O) groups is 1. The third-order valence-electron chi connectivity index (χ3n) is 4.21. The Balaban J connectivity index is 0.00000192. The molecule has 23 heavy (non-hydrogen) atoms. The fraction of sp³-hybridized carbons (Fsp3) is 0.533. The molecule has 0 aliphatic carbocycles. The molecule has 8 heteroatoms. The summed E-state index contributed by atoms with van der Waals surface area (Å²) in [5.74, 6) is 0.0318. The maximum atomic E-state index is 12.6. The van der Waals surface area contributed by atoms with Crippen LogP contribution in [0.15, 0.2) is 18.2 Å². The molecule has 2 heterocycles. The van der Waals surface area contributed by atoms with Gasteiger partial charge in [0.15, 0.2) is 0 Å². The first-order valence-electron chi connectivity index (χ1n) is 7.57. The van der Waals surface area contributed by atoms with Crippen LogP contribution in [0.4, 0.5) is 5.69 Å². The van der Waals surface area contributed by atoms with Crippen LogP contribution in [0, 0.1) is 0 Å². The molecule has 1 fully saturated rings. The molecule has 128 valence electrons. The van der Waals surface area contributed by atoms with Crippen molar-refractivity contribution in [1.82, 2.24) is 10.2 Å². The maximum absolute atomic E-state index is 12.6. The van der Waals surface area contributed by atoms with Crippen LogP contribution in [0.5, 0.6) is 0 Å². The molecule has 1 aromatic rings. The number of halogens is 1. The van der Waals surface area contributed by atoms with Crippen molar-refractivity contribution in [2.75, 3.05) is 43.3 Å². The van der Waals surface area contributed by atoms with E-state index in [0.29, 0.717) is 30.8 Å². The van der Waals surface area contributed by atoms with Gasteiger partial charge in [-0.2, -0.15) is 0 Å². The van der Waals surface area contributed by atoms with Gasteiger partial charge in [0.2, 0.25) is 10.0 Å². The third kappa shape index (κ3) is 3.79. The Morgan fingerprint density at radius 3 is 2.70 bits per heavy atom. The van der Waals surface area contributed by atoms with Crippen molar-refractivity contribution >= 4 is 34.0 Å². The third-order valence-corrected chi connectivity index (χ3v) is 5.39. The number of sulfonamides is 1. The standard InChI is InChI=1S/C15H21N3O3S.ClH/c1-22(20,21)18-9-5-12-11-13(3-4-14(12)18)15(19)17-8-2-6-16-7-10-17;/h3-4,11,16H,2,5-10H2,1H3;1H. The summed E-state index contributed by atoms with van der Waals surface area (Å²) >= 11 is 0. The average molecular weight is 360 g/mol. The minimum Gasteiger partial charge on any atom is -0.337 e. The van der Waals surface area contributed by atoms with Gasteiger partial charge in [0.1, 0.15) is 0 Å². The monoisotopic (exact) mass is 359 g/mol. The van der Waals surface area contributed by atoms with Crippen LogP contribution in [0.1, 0.15) is 22.3 Å². The summed E-state index contributed by atoms with van der Waals surface area (Å²) in [6, 6.07) is 5.34. The lowest BCUT2D eigenvalue weighted by Gasteiger charge is -2.21. The molecular weight excluding hydrogens is 338 g/mol. The number of rotatable bonds is 2. The van der Waals surface area contributed by atoms with Crippen molar-refractivity contribution in [3.8, 4) is 0 Å². The van der Waals surface area contributed by atoms with Crippen molar-refractivity contribution in [1.29, 1.82) is 0 Å². The first kappa shape index (κ1) is 18.0. The number of anilines is 1. The van der Waals surface area contributed by atoms with Gasteiger partial charge in [-0.25, -0.2) is 8.42 Å². The molecule has 0 unspecified atom stereocenters. The Morgan fingerprint density at radius 2 is 1.96 bits per heavy atom. The van der Waals surface area contributed by atoms with Crippen molar-refractivity contribution in [2.24, 2.45) is 0 Å². The van der Waals surface area contributed by atoms with E-state index >= 15 is 0 Å². The number of nitrogens with zero attached hydrogens (tertiary/aromatic N) is 2. The first-order valence-corrected chi connectivity index (χ1v) is 9.42. The zero-order chi connectivity index (χ0) is 15.7. The van der Waals surface area contributed by atoms with Gasteiger partial charge in [-0.15, -0.1) is 12.4 Å². The minimum absolute atomic E-state index is 0. The fourth-order valence-corrected chi connectivity index (χ4v) is 4.04.